The van der Waals surface area contributed by atoms with Gasteiger partial charge in [0.1, 0.15) is 5.75 Å². The summed E-state index contributed by atoms with van der Waals surface area (Å²) >= 11 is 0. The van der Waals surface area contributed by atoms with Crippen molar-refractivity contribution in [3.8, 4) is 17.2 Å². The molecule has 0 bridgehead atoms. The van der Waals surface area contributed by atoms with Crippen molar-refractivity contribution in [2.75, 3.05) is 26.8 Å². The van der Waals surface area contributed by atoms with Crippen LogP contribution >= 0.6 is 0 Å². The first-order chi connectivity index (χ1) is 12.2. The van der Waals surface area contributed by atoms with Gasteiger partial charge < -0.3 is 13.9 Å². The Morgan fingerprint density at radius 1 is 1.32 bits per heavy atom. The van der Waals surface area contributed by atoms with Gasteiger partial charge in [-0.2, -0.15) is 0 Å². The summed E-state index contributed by atoms with van der Waals surface area (Å²) in [5, 5.41) is 8.24. The molecule has 134 valence electrons. The number of ether oxygens (including phenoxy) is 2. The van der Waals surface area contributed by atoms with Crippen molar-refractivity contribution >= 4 is 5.97 Å². The van der Waals surface area contributed by atoms with Gasteiger partial charge in [0.05, 0.1) is 26.2 Å². The number of hydrogen-bond donors (Lipinski definition) is 0. The van der Waals surface area contributed by atoms with Gasteiger partial charge in [0.2, 0.25) is 11.8 Å². The third kappa shape index (κ3) is 4.36. The van der Waals surface area contributed by atoms with E-state index in [2.05, 4.69) is 15.1 Å². The van der Waals surface area contributed by atoms with Gasteiger partial charge in [-0.25, -0.2) is 0 Å². The fourth-order valence-electron chi connectivity index (χ4n) is 3.01. The number of benzene rings is 1. The lowest BCUT2D eigenvalue weighted by atomic mass is 9.98. The van der Waals surface area contributed by atoms with Crippen LogP contribution in [0.5, 0.6) is 5.75 Å². The lowest BCUT2D eigenvalue weighted by molar-refractivity contribution is -0.150. The van der Waals surface area contributed by atoms with Crippen LogP contribution < -0.4 is 4.74 Å². The molecule has 0 saturated carbocycles. The molecule has 0 N–H and O–H groups in total. The van der Waals surface area contributed by atoms with Crippen molar-refractivity contribution in [2.45, 2.75) is 26.3 Å². The summed E-state index contributed by atoms with van der Waals surface area (Å²) < 4.78 is 16.0. The molecule has 0 spiro atoms. The Balaban J connectivity index is 1.61. The van der Waals surface area contributed by atoms with Crippen LogP contribution in [-0.4, -0.2) is 47.9 Å². The average molecular weight is 345 g/mol. The fourth-order valence-corrected chi connectivity index (χ4v) is 3.01. The molecular formula is C18H23N3O4. The maximum absolute atomic E-state index is 11.9. The molecule has 1 unspecified atom stereocenters. The zero-order chi connectivity index (χ0) is 17.6. The highest BCUT2D eigenvalue weighted by Gasteiger charge is 2.27. The van der Waals surface area contributed by atoms with E-state index in [0.29, 0.717) is 31.5 Å². The van der Waals surface area contributed by atoms with Gasteiger partial charge >= 0.3 is 5.97 Å². The molecule has 1 atom stereocenters. The second-order valence-corrected chi connectivity index (χ2v) is 6.06. The molecule has 7 heteroatoms. The van der Waals surface area contributed by atoms with E-state index in [1.54, 1.807) is 7.11 Å². The number of likely N-dealkylation sites (tertiary alicyclic amines) is 1. The molecule has 7 nitrogen and oxygen atoms in total. The van der Waals surface area contributed by atoms with Gasteiger partial charge in [0.25, 0.3) is 0 Å². The van der Waals surface area contributed by atoms with Gasteiger partial charge in [0.15, 0.2) is 0 Å². The van der Waals surface area contributed by atoms with Gasteiger partial charge in [-0.3, -0.25) is 9.69 Å². The molecule has 2 aromatic rings. The molecule has 1 aliphatic heterocycles. The minimum absolute atomic E-state index is 0.0716. The molecule has 1 fully saturated rings. The van der Waals surface area contributed by atoms with Crippen LogP contribution in [0.4, 0.5) is 0 Å². The Morgan fingerprint density at radius 2 is 2.12 bits per heavy atom. The molecule has 1 saturated heterocycles. The summed E-state index contributed by atoms with van der Waals surface area (Å²) in [6, 6.07) is 7.48. The molecule has 1 aliphatic rings. The summed E-state index contributed by atoms with van der Waals surface area (Å²) in [6.45, 7) is 4.37. The first-order valence-electron chi connectivity index (χ1n) is 8.55. The zero-order valence-electron chi connectivity index (χ0n) is 14.6. The number of rotatable bonds is 6. The van der Waals surface area contributed by atoms with Crippen LogP contribution in [0.15, 0.2) is 28.7 Å². The monoisotopic (exact) mass is 345 g/mol. The van der Waals surface area contributed by atoms with Crippen LogP contribution in [0.3, 0.4) is 0 Å². The molecule has 0 radical (unpaired) electrons. The Hall–Kier alpha value is -2.41. The Morgan fingerprint density at radius 3 is 2.84 bits per heavy atom. The second kappa shape index (κ2) is 8.11. The van der Waals surface area contributed by atoms with Crippen molar-refractivity contribution in [1.29, 1.82) is 0 Å². The van der Waals surface area contributed by atoms with E-state index in [0.717, 1.165) is 30.7 Å². The Bertz CT molecular complexity index is 699. The number of nitrogens with zero attached hydrogens (tertiary/aromatic N) is 3. The van der Waals surface area contributed by atoms with E-state index in [4.69, 9.17) is 13.9 Å². The standard InChI is InChI=1S/C18H23N3O4/c1-3-24-18(22)14-5-4-10-21(11-14)12-16-19-20-17(25-16)13-6-8-15(23-2)9-7-13/h6-9,14H,3-5,10-12H2,1-2H3. The van der Waals surface area contributed by atoms with Gasteiger partial charge in [-0.15, -0.1) is 10.2 Å². The maximum Gasteiger partial charge on any atom is 0.310 e. The molecule has 2 heterocycles. The van der Waals surface area contributed by atoms with Crippen LogP contribution in [0, 0.1) is 5.92 Å². The second-order valence-electron chi connectivity index (χ2n) is 6.06. The number of carbonyl (C=O) groups excluding carboxylic acids is 1. The molecule has 1 aromatic heterocycles. The van der Waals surface area contributed by atoms with Crippen LogP contribution in [0.2, 0.25) is 0 Å². The highest BCUT2D eigenvalue weighted by molar-refractivity contribution is 5.72. The number of esters is 1. The molecular weight excluding hydrogens is 322 g/mol. The van der Waals surface area contributed by atoms with E-state index in [1.165, 1.54) is 0 Å². The molecule has 1 aromatic carbocycles. The highest BCUT2D eigenvalue weighted by atomic mass is 16.5. The zero-order valence-corrected chi connectivity index (χ0v) is 14.6. The average Bonchev–Trinajstić information content (AvgIpc) is 3.10. The number of hydrogen-bond acceptors (Lipinski definition) is 7. The summed E-state index contributed by atoms with van der Waals surface area (Å²) in [6.07, 6.45) is 1.83. The van der Waals surface area contributed by atoms with E-state index < -0.39 is 0 Å². The Labute approximate surface area is 146 Å². The quantitative estimate of drug-likeness (QED) is 0.744. The highest BCUT2D eigenvalue weighted by Crippen LogP contribution is 2.23. The van der Waals surface area contributed by atoms with Crippen molar-refractivity contribution < 1.29 is 18.7 Å². The summed E-state index contributed by atoms with van der Waals surface area (Å²) in [5.74, 6) is 1.63. The third-order valence-corrected chi connectivity index (χ3v) is 4.29. The van der Waals surface area contributed by atoms with Crippen molar-refractivity contribution in [1.82, 2.24) is 15.1 Å². The lowest BCUT2D eigenvalue weighted by Gasteiger charge is -2.30. The topological polar surface area (TPSA) is 77.7 Å². The van der Waals surface area contributed by atoms with E-state index in [-0.39, 0.29) is 11.9 Å². The first kappa shape index (κ1) is 17.4. The van der Waals surface area contributed by atoms with Gasteiger partial charge in [-0.05, 0) is 50.6 Å². The van der Waals surface area contributed by atoms with Crippen molar-refractivity contribution in [3.05, 3.63) is 30.2 Å². The minimum Gasteiger partial charge on any atom is -0.497 e. The van der Waals surface area contributed by atoms with Crippen molar-refractivity contribution in [2.24, 2.45) is 5.92 Å². The Kier molecular flexibility index (Phi) is 5.65. The van der Waals surface area contributed by atoms with Crippen LogP contribution in [-0.2, 0) is 16.1 Å². The normalized spacial score (nSPS) is 18.1. The van der Waals surface area contributed by atoms with E-state index in [9.17, 15) is 4.79 Å². The van der Waals surface area contributed by atoms with Crippen LogP contribution in [0.1, 0.15) is 25.7 Å². The predicted molar refractivity (Wildman–Crippen MR) is 90.9 cm³/mol. The molecule has 0 amide bonds. The van der Waals surface area contributed by atoms with E-state index in [1.807, 2.05) is 31.2 Å². The number of aromatic nitrogens is 2. The summed E-state index contributed by atoms with van der Waals surface area (Å²) in [4.78, 5) is 14.1. The predicted octanol–water partition coefficient (Wildman–Crippen LogP) is 2.52. The molecule has 0 aliphatic carbocycles. The van der Waals surface area contributed by atoms with E-state index >= 15 is 0 Å². The van der Waals surface area contributed by atoms with Crippen molar-refractivity contribution in [3.63, 3.8) is 0 Å². The smallest absolute Gasteiger partial charge is 0.310 e. The SMILES string of the molecule is CCOC(=O)C1CCCN(Cc2nnc(-c3ccc(OC)cc3)o2)C1. The molecule has 25 heavy (non-hydrogen) atoms. The third-order valence-electron chi connectivity index (χ3n) is 4.29. The number of piperidine rings is 1. The fraction of sp³-hybridized carbons (Fsp3) is 0.500. The maximum atomic E-state index is 11.9. The van der Waals surface area contributed by atoms with Crippen LogP contribution in [0.25, 0.3) is 11.5 Å². The summed E-state index contributed by atoms with van der Waals surface area (Å²) in [5.41, 5.74) is 0.850. The summed E-state index contributed by atoms with van der Waals surface area (Å²) in [7, 11) is 1.63. The minimum atomic E-state index is -0.114. The first-order valence-corrected chi connectivity index (χ1v) is 8.55. The number of carbonyl (C=O) groups is 1. The van der Waals surface area contributed by atoms with Gasteiger partial charge in [0, 0.05) is 12.1 Å². The number of methoxy groups -OCH3 is 1. The largest absolute Gasteiger partial charge is 0.497 e. The molecule has 3 rings (SSSR count). The van der Waals surface area contributed by atoms with Gasteiger partial charge in [-0.1, -0.05) is 0 Å². The lowest BCUT2D eigenvalue weighted by Crippen LogP contribution is -2.39.